The van der Waals surface area contributed by atoms with Crippen molar-refractivity contribution in [2.24, 2.45) is 7.05 Å². The van der Waals surface area contributed by atoms with Crippen LogP contribution in [-0.2, 0) is 17.1 Å². The number of sulfonamides is 1. The number of nitrogens with zero attached hydrogens (tertiary/aromatic N) is 4. The van der Waals surface area contributed by atoms with Gasteiger partial charge in [-0.1, -0.05) is 13.8 Å². The zero-order chi connectivity index (χ0) is 19.8. The number of benzene rings is 1. The Morgan fingerprint density at radius 2 is 1.67 bits per heavy atom. The average molecular weight is 387 g/mol. The zero-order valence-electron chi connectivity index (χ0n) is 15.5. The molecule has 0 aliphatic rings. The van der Waals surface area contributed by atoms with Crippen LogP contribution in [0.4, 0.5) is 5.95 Å². The summed E-state index contributed by atoms with van der Waals surface area (Å²) in [6.45, 7) is 5.85. The third-order valence-electron chi connectivity index (χ3n) is 4.36. The van der Waals surface area contributed by atoms with Crippen LogP contribution in [0.1, 0.15) is 31.0 Å². The molecule has 8 nitrogen and oxygen atoms in total. The molecular weight excluding hydrogens is 366 g/mol. The van der Waals surface area contributed by atoms with Crippen LogP contribution in [0.25, 0.3) is 5.69 Å². The van der Waals surface area contributed by atoms with Gasteiger partial charge in [0.2, 0.25) is 5.95 Å². The summed E-state index contributed by atoms with van der Waals surface area (Å²) in [5.41, 5.74) is 2.12. The summed E-state index contributed by atoms with van der Waals surface area (Å²) in [6, 6.07) is 7.70. The molecule has 0 unspecified atom stereocenters. The Morgan fingerprint density at radius 3 is 2.19 bits per heavy atom. The molecule has 0 atom stereocenters. The zero-order valence-corrected chi connectivity index (χ0v) is 16.4. The predicted molar refractivity (Wildman–Crippen MR) is 103 cm³/mol. The third-order valence-corrected chi connectivity index (χ3v) is 5.70. The molecule has 27 heavy (non-hydrogen) atoms. The van der Waals surface area contributed by atoms with Gasteiger partial charge in [0.15, 0.2) is 0 Å². The fourth-order valence-electron chi connectivity index (χ4n) is 2.98. The van der Waals surface area contributed by atoms with Crippen molar-refractivity contribution < 1.29 is 8.42 Å². The number of anilines is 1. The van der Waals surface area contributed by atoms with Crippen LogP contribution in [0.2, 0.25) is 0 Å². The first-order valence-corrected chi connectivity index (χ1v) is 9.89. The third kappa shape index (κ3) is 3.50. The minimum atomic E-state index is -3.82. The highest BCUT2D eigenvalue weighted by atomic mass is 32.2. The van der Waals surface area contributed by atoms with E-state index in [0.717, 1.165) is 11.3 Å². The molecule has 0 spiro atoms. The van der Waals surface area contributed by atoms with Gasteiger partial charge in [0, 0.05) is 30.7 Å². The van der Waals surface area contributed by atoms with E-state index in [1.54, 1.807) is 22.9 Å². The molecule has 1 aromatic carbocycles. The highest BCUT2D eigenvalue weighted by Crippen LogP contribution is 2.19. The maximum absolute atomic E-state index is 12.8. The largest absolute Gasteiger partial charge is 0.285 e. The molecule has 0 amide bonds. The van der Waals surface area contributed by atoms with Gasteiger partial charge in [0.05, 0.1) is 10.6 Å². The maximum Gasteiger partial charge on any atom is 0.275 e. The Hall–Kier alpha value is -2.94. The molecule has 0 aliphatic carbocycles. The summed E-state index contributed by atoms with van der Waals surface area (Å²) < 4.78 is 30.6. The normalized spacial score (nSPS) is 11.7. The van der Waals surface area contributed by atoms with E-state index in [4.69, 9.17) is 0 Å². The van der Waals surface area contributed by atoms with Crippen molar-refractivity contribution in [3.8, 4) is 5.69 Å². The Kier molecular flexibility index (Phi) is 4.88. The quantitative estimate of drug-likeness (QED) is 0.724. The van der Waals surface area contributed by atoms with Crippen molar-refractivity contribution in [2.75, 3.05) is 4.72 Å². The lowest BCUT2D eigenvalue weighted by atomic mass is 10.0. The second kappa shape index (κ2) is 6.99. The van der Waals surface area contributed by atoms with Gasteiger partial charge in [-0.25, -0.2) is 27.8 Å². The van der Waals surface area contributed by atoms with Crippen LogP contribution in [0, 0.1) is 6.92 Å². The molecule has 9 heteroatoms. The molecule has 3 rings (SSSR count). The van der Waals surface area contributed by atoms with E-state index < -0.39 is 10.0 Å². The Labute approximate surface area is 157 Å². The lowest BCUT2D eigenvalue weighted by molar-refractivity contribution is 0.600. The van der Waals surface area contributed by atoms with E-state index in [0.29, 0.717) is 5.69 Å². The number of aromatic nitrogens is 4. The van der Waals surface area contributed by atoms with Crippen LogP contribution in [0.15, 0.2) is 52.4 Å². The topological polar surface area (TPSA) is 98.9 Å². The maximum atomic E-state index is 12.8. The standard InChI is InChI=1S/C18H21N5O3S/c1-12(2)16-13(3)22(4)23(17(16)24)14-6-8-15(9-7-14)27(25,26)21-18-19-10-5-11-20-18/h5-12H,1-4H3,(H,19,20,21). The summed E-state index contributed by atoms with van der Waals surface area (Å²) in [5, 5.41) is 0. The van der Waals surface area contributed by atoms with Gasteiger partial charge < -0.3 is 0 Å². The van der Waals surface area contributed by atoms with Gasteiger partial charge >= 0.3 is 0 Å². The molecule has 0 fully saturated rings. The molecule has 1 N–H and O–H groups in total. The Balaban J connectivity index is 1.97. The molecule has 0 aliphatic heterocycles. The van der Waals surface area contributed by atoms with Crippen LogP contribution >= 0.6 is 0 Å². The van der Waals surface area contributed by atoms with Crippen molar-refractivity contribution in [1.82, 2.24) is 19.3 Å². The lowest BCUT2D eigenvalue weighted by Crippen LogP contribution is -2.21. The summed E-state index contributed by atoms with van der Waals surface area (Å²) in [6.07, 6.45) is 2.90. The first-order chi connectivity index (χ1) is 12.7. The van der Waals surface area contributed by atoms with Crippen molar-refractivity contribution in [2.45, 2.75) is 31.6 Å². The molecule has 0 saturated heterocycles. The number of hydrogen-bond acceptors (Lipinski definition) is 5. The van der Waals surface area contributed by atoms with E-state index in [1.165, 1.54) is 29.2 Å². The minimum absolute atomic E-state index is 0.00238. The predicted octanol–water partition coefficient (Wildman–Crippen LogP) is 2.20. The first-order valence-electron chi connectivity index (χ1n) is 8.41. The van der Waals surface area contributed by atoms with Crippen LogP contribution in [-0.4, -0.2) is 27.7 Å². The molecule has 0 radical (unpaired) electrons. The summed E-state index contributed by atoms with van der Waals surface area (Å²) in [5.74, 6) is 0.0945. The highest BCUT2D eigenvalue weighted by molar-refractivity contribution is 7.92. The van der Waals surface area contributed by atoms with E-state index in [9.17, 15) is 13.2 Å². The lowest BCUT2D eigenvalue weighted by Gasteiger charge is -2.10. The minimum Gasteiger partial charge on any atom is -0.285 e. The highest BCUT2D eigenvalue weighted by Gasteiger charge is 2.20. The molecule has 2 heterocycles. The van der Waals surface area contributed by atoms with E-state index >= 15 is 0 Å². The van der Waals surface area contributed by atoms with Gasteiger partial charge in [-0.15, -0.1) is 0 Å². The van der Waals surface area contributed by atoms with Crippen LogP contribution < -0.4 is 10.3 Å². The number of nitrogens with one attached hydrogen (secondary N) is 1. The molecular formula is C18H21N5O3S. The molecule has 3 aromatic rings. The van der Waals surface area contributed by atoms with Gasteiger partial charge in [-0.2, -0.15) is 0 Å². The Morgan fingerprint density at radius 1 is 1.07 bits per heavy atom. The monoisotopic (exact) mass is 387 g/mol. The van der Waals surface area contributed by atoms with Crippen molar-refractivity contribution in [1.29, 1.82) is 0 Å². The Bertz CT molecular complexity index is 1110. The van der Waals surface area contributed by atoms with Gasteiger partial charge in [-0.3, -0.25) is 9.48 Å². The van der Waals surface area contributed by atoms with E-state index in [-0.39, 0.29) is 22.3 Å². The van der Waals surface area contributed by atoms with E-state index in [1.807, 2.05) is 27.8 Å². The van der Waals surface area contributed by atoms with Crippen molar-refractivity contribution in [3.05, 3.63) is 64.3 Å². The summed E-state index contributed by atoms with van der Waals surface area (Å²) in [7, 11) is -2.01. The molecule has 0 bridgehead atoms. The molecule has 0 saturated carbocycles. The number of hydrogen-bond donors (Lipinski definition) is 1. The second-order valence-corrected chi connectivity index (χ2v) is 8.15. The first kappa shape index (κ1) is 18.8. The fraction of sp³-hybridized carbons (Fsp3) is 0.278. The smallest absolute Gasteiger partial charge is 0.275 e. The van der Waals surface area contributed by atoms with Crippen LogP contribution in [0.3, 0.4) is 0 Å². The summed E-state index contributed by atoms with van der Waals surface area (Å²) >= 11 is 0. The molecule has 2 aromatic heterocycles. The fourth-order valence-corrected chi connectivity index (χ4v) is 3.94. The second-order valence-electron chi connectivity index (χ2n) is 6.47. The average Bonchev–Trinajstić information content (AvgIpc) is 2.84. The van der Waals surface area contributed by atoms with E-state index in [2.05, 4.69) is 14.7 Å². The van der Waals surface area contributed by atoms with Gasteiger partial charge in [0.25, 0.3) is 15.6 Å². The molecule has 142 valence electrons. The SMILES string of the molecule is Cc1c(C(C)C)c(=O)n(-c2ccc(S(=O)(=O)Nc3ncccn3)cc2)n1C. The van der Waals surface area contributed by atoms with Crippen molar-refractivity contribution in [3.63, 3.8) is 0 Å². The van der Waals surface area contributed by atoms with Gasteiger partial charge in [0.1, 0.15) is 0 Å². The van der Waals surface area contributed by atoms with Crippen LogP contribution in [0.5, 0.6) is 0 Å². The van der Waals surface area contributed by atoms with Crippen molar-refractivity contribution >= 4 is 16.0 Å². The number of rotatable bonds is 5. The van der Waals surface area contributed by atoms with Gasteiger partial charge in [-0.05, 0) is 43.2 Å². The summed E-state index contributed by atoms with van der Waals surface area (Å²) in [4.78, 5) is 20.5.